The van der Waals surface area contributed by atoms with Gasteiger partial charge in [-0.25, -0.2) is 4.39 Å². The van der Waals surface area contributed by atoms with Gasteiger partial charge in [0.2, 0.25) is 0 Å². The van der Waals surface area contributed by atoms with E-state index < -0.39 is 6.04 Å². The van der Waals surface area contributed by atoms with Crippen LogP contribution in [-0.4, -0.2) is 24.3 Å². The first-order chi connectivity index (χ1) is 8.22. The number of hydrogen-bond donors (Lipinski definition) is 0. The van der Waals surface area contributed by atoms with Gasteiger partial charge in [-0.15, -0.1) is 13.2 Å². The Morgan fingerprint density at radius 2 is 1.71 bits per heavy atom. The number of hydrogen-bond acceptors (Lipinski definition) is 2. The van der Waals surface area contributed by atoms with Crippen molar-refractivity contribution in [2.45, 2.75) is 6.04 Å². The fourth-order valence-electron chi connectivity index (χ4n) is 1.67. The van der Waals surface area contributed by atoms with Gasteiger partial charge in [-0.1, -0.05) is 24.3 Å². The lowest BCUT2D eigenvalue weighted by Crippen LogP contribution is -2.30. The van der Waals surface area contributed by atoms with Crippen LogP contribution in [0.3, 0.4) is 0 Å². The van der Waals surface area contributed by atoms with Crippen LogP contribution in [0.25, 0.3) is 0 Å². The maximum Gasteiger partial charge on any atom is 0.141 e. The van der Waals surface area contributed by atoms with E-state index in [0.29, 0.717) is 13.1 Å². The van der Waals surface area contributed by atoms with E-state index in [0.717, 1.165) is 11.8 Å². The Labute approximate surface area is 101 Å². The lowest BCUT2D eigenvalue weighted by Gasteiger charge is -2.25. The number of nitrogens with zero attached hydrogens (tertiary/aromatic N) is 1. The fraction of sp³-hybridized carbons (Fsp3) is 0.214. The maximum absolute atomic E-state index is 12.8. The van der Waals surface area contributed by atoms with Crippen LogP contribution in [0, 0.1) is 5.82 Å². The Morgan fingerprint density at radius 1 is 1.18 bits per heavy atom. The number of halogens is 1. The number of carbonyl (C=O) groups excluding carboxylic acids is 1. The summed E-state index contributed by atoms with van der Waals surface area (Å²) in [7, 11) is 0. The Hall–Kier alpha value is -1.74. The molecule has 0 saturated carbocycles. The third-order valence-corrected chi connectivity index (χ3v) is 2.46. The molecule has 0 aliphatic heterocycles. The van der Waals surface area contributed by atoms with Crippen molar-refractivity contribution in [1.29, 1.82) is 0 Å². The molecule has 90 valence electrons. The van der Waals surface area contributed by atoms with Crippen molar-refractivity contribution in [3.63, 3.8) is 0 Å². The van der Waals surface area contributed by atoms with Crippen LogP contribution in [-0.2, 0) is 4.79 Å². The summed E-state index contributed by atoms with van der Waals surface area (Å²) in [5.41, 5.74) is 0.769. The van der Waals surface area contributed by atoms with E-state index in [4.69, 9.17) is 0 Å². The van der Waals surface area contributed by atoms with Crippen LogP contribution in [0.1, 0.15) is 11.6 Å². The zero-order valence-corrected chi connectivity index (χ0v) is 9.68. The number of carbonyl (C=O) groups is 1. The van der Waals surface area contributed by atoms with Gasteiger partial charge in [0.1, 0.15) is 12.1 Å². The number of benzene rings is 1. The lowest BCUT2D eigenvalue weighted by molar-refractivity contribution is -0.112. The predicted molar refractivity (Wildman–Crippen MR) is 67.2 cm³/mol. The topological polar surface area (TPSA) is 20.3 Å². The van der Waals surface area contributed by atoms with Gasteiger partial charge < -0.3 is 4.79 Å². The predicted octanol–water partition coefficient (Wildman–Crippen LogP) is 2.74. The zero-order valence-electron chi connectivity index (χ0n) is 9.68. The quantitative estimate of drug-likeness (QED) is 0.533. The smallest absolute Gasteiger partial charge is 0.141 e. The van der Waals surface area contributed by atoms with Crippen LogP contribution in [0.2, 0.25) is 0 Å². The van der Waals surface area contributed by atoms with E-state index in [9.17, 15) is 9.18 Å². The van der Waals surface area contributed by atoms with Crippen molar-refractivity contribution >= 4 is 6.29 Å². The Kier molecular flexibility index (Phi) is 5.30. The summed E-state index contributed by atoms with van der Waals surface area (Å²) in [5, 5.41) is 0. The van der Waals surface area contributed by atoms with Crippen LogP contribution < -0.4 is 0 Å². The first-order valence-electron chi connectivity index (χ1n) is 5.39. The summed E-state index contributed by atoms with van der Waals surface area (Å²) in [6.45, 7) is 8.46. The molecule has 0 saturated heterocycles. The van der Waals surface area contributed by atoms with Crippen LogP contribution in [0.5, 0.6) is 0 Å². The first-order valence-corrected chi connectivity index (χ1v) is 5.39. The van der Waals surface area contributed by atoms with E-state index in [-0.39, 0.29) is 5.82 Å². The highest BCUT2D eigenvalue weighted by Crippen LogP contribution is 2.18. The summed E-state index contributed by atoms with van der Waals surface area (Å²) in [4.78, 5) is 13.1. The molecule has 1 aromatic rings. The lowest BCUT2D eigenvalue weighted by atomic mass is 10.1. The summed E-state index contributed by atoms with van der Waals surface area (Å²) in [5.74, 6) is -0.308. The minimum Gasteiger partial charge on any atom is -0.301 e. The maximum atomic E-state index is 12.8. The highest BCUT2D eigenvalue weighted by atomic mass is 19.1. The van der Waals surface area contributed by atoms with Crippen LogP contribution in [0.4, 0.5) is 4.39 Å². The Morgan fingerprint density at radius 3 is 2.12 bits per heavy atom. The second-order valence-electron chi connectivity index (χ2n) is 3.66. The van der Waals surface area contributed by atoms with Gasteiger partial charge in [-0.2, -0.15) is 0 Å². The molecule has 0 heterocycles. The van der Waals surface area contributed by atoms with E-state index in [1.54, 1.807) is 24.3 Å². The molecule has 2 nitrogen and oxygen atoms in total. The molecule has 0 amide bonds. The third kappa shape index (κ3) is 3.64. The molecule has 1 atom stereocenters. The van der Waals surface area contributed by atoms with E-state index >= 15 is 0 Å². The van der Waals surface area contributed by atoms with Gasteiger partial charge in [0.25, 0.3) is 0 Å². The molecule has 0 aliphatic rings. The first kappa shape index (κ1) is 13.3. The second-order valence-corrected chi connectivity index (χ2v) is 3.66. The summed E-state index contributed by atoms with van der Waals surface area (Å²) >= 11 is 0. The molecule has 0 aromatic heterocycles. The van der Waals surface area contributed by atoms with E-state index in [2.05, 4.69) is 13.2 Å². The Balaban J connectivity index is 2.94. The van der Waals surface area contributed by atoms with Crippen molar-refractivity contribution in [1.82, 2.24) is 4.90 Å². The van der Waals surface area contributed by atoms with Crippen molar-refractivity contribution in [3.05, 3.63) is 61.0 Å². The van der Waals surface area contributed by atoms with Crippen LogP contribution in [0.15, 0.2) is 49.6 Å². The van der Waals surface area contributed by atoms with Gasteiger partial charge in [-0.05, 0) is 17.7 Å². The molecule has 1 unspecified atom stereocenters. The zero-order chi connectivity index (χ0) is 12.7. The number of aldehydes is 1. The third-order valence-electron chi connectivity index (χ3n) is 2.46. The fourth-order valence-corrected chi connectivity index (χ4v) is 1.67. The molecule has 0 spiro atoms. The average molecular weight is 233 g/mol. The SMILES string of the molecule is C=CCN(CC=C)C(C=O)c1ccc(F)cc1. The monoisotopic (exact) mass is 233 g/mol. The largest absolute Gasteiger partial charge is 0.301 e. The summed E-state index contributed by atoms with van der Waals surface area (Å²) < 4.78 is 12.8. The van der Waals surface area contributed by atoms with Gasteiger partial charge in [0.15, 0.2) is 0 Å². The minimum atomic E-state index is -0.397. The van der Waals surface area contributed by atoms with Gasteiger partial charge >= 0.3 is 0 Å². The van der Waals surface area contributed by atoms with E-state index in [1.807, 2.05) is 4.90 Å². The summed E-state index contributed by atoms with van der Waals surface area (Å²) in [6, 6.07) is 5.55. The Bertz CT molecular complexity index is 376. The molecule has 0 radical (unpaired) electrons. The van der Waals surface area contributed by atoms with Gasteiger partial charge in [0.05, 0.1) is 6.04 Å². The van der Waals surface area contributed by atoms with Gasteiger partial charge in [-0.3, -0.25) is 4.90 Å². The second kappa shape index (κ2) is 6.76. The standard InChI is InChI=1S/C14H16FNO/c1-3-9-16(10-4-2)14(11-17)12-5-7-13(15)8-6-12/h3-8,11,14H,1-2,9-10H2. The molecule has 0 bridgehead atoms. The van der Waals surface area contributed by atoms with Crippen molar-refractivity contribution < 1.29 is 9.18 Å². The molecule has 0 aliphatic carbocycles. The van der Waals surface area contributed by atoms with E-state index in [1.165, 1.54) is 12.1 Å². The minimum absolute atomic E-state index is 0.308. The number of rotatable bonds is 7. The molecule has 1 rings (SSSR count). The molecule has 0 N–H and O–H groups in total. The van der Waals surface area contributed by atoms with Crippen LogP contribution >= 0.6 is 0 Å². The molecule has 17 heavy (non-hydrogen) atoms. The average Bonchev–Trinajstić information content (AvgIpc) is 2.33. The normalized spacial score (nSPS) is 12.1. The molecule has 1 aromatic carbocycles. The van der Waals surface area contributed by atoms with Crippen molar-refractivity contribution in [3.8, 4) is 0 Å². The van der Waals surface area contributed by atoms with Crippen molar-refractivity contribution in [2.24, 2.45) is 0 Å². The molecular weight excluding hydrogens is 217 g/mol. The van der Waals surface area contributed by atoms with Crippen molar-refractivity contribution in [2.75, 3.05) is 13.1 Å². The molecule has 3 heteroatoms. The molecular formula is C14H16FNO. The summed E-state index contributed by atoms with van der Waals surface area (Å²) in [6.07, 6.45) is 4.30. The molecule has 0 fully saturated rings. The highest BCUT2D eigenvalue weighted by molar-refractivity contribution is 5.61. The highest BCUT2D eigenvalue weighted by Gasteiger charge is 2.17. The van der Waals surface area contributed by atoms with Gasteiger partial charge in [0, 0.05) is 13.1 Å².